The number of hydrogen-bond donors (Lipinski definition) is 1. The molecule has 0 spiro atoms. The molecule has 24 heavy (non-hydrogen) atoms. The van der Waals surface area contributed by atoms with Crippen molar-refractivity contribution in [1.82, 2.24) is 24.9 Å². The zero-order valence-electron chi connectivity index (χ0n) is 13.5. The molecule has 0 unspecified atom stereocenters. The van der Waals surface area contributed by atoms with Gasteiger partial charge in [-0.15, -0.1) is 0 Å². The third-order valence-corrected chi connectivity index (χ3v) is 4.32. The molecule has 6 nitrogen and oxygen atoms in total. The Morgan fingerprint density at radius 1 is 1.29 bits per heavy atom. The van der Waals surface area contributed by atoms with Gasteiger partial charge in [-0.25, -0.2) is 0 Å². The number of carbonyl (C=O) groups excluding carboxylic acids is 1. The summed E-state index contributed by atoms with van der Waals surface area (Å²) in [6, 6.07) is 7.57. The predicted octanol–water partition coefficient (Wildman–Crippen LogP) is 2.67. The molecule has 2 aromatic heterocycles. The molecule has 0 fully saturated rings. The van der Waals surface area contributed by atoms with Crippen LogP contribution in [-0.4, -0.2) is 25.5 Å². The highest BCUT2D eigenvalue weighted by atomic mass is 79.9. The summed E-state index contributed by atoms with van der Waals surface area (Å²) in [4.78, 5) is 12.4. The quantitative estimate of drug-likeness (QED) is 0.731. The highest BCUT2D eigenvalue weighted by molar-refractivity contribution is 9.10. The lowest BCUT2D eigenvalue weighted by Crippen LogP contribution is -2.23. The highest BCUT2D eigenvalue weighted by Gasteiger charge is 2.09. The van der Waals surface area contributed by atoms with E-state index in [9.17, 15) is 4.79 Å². The number of hydrogen-bond acceptors (Lipinski definition) is 3. The lowest BCUT2D eigenvalue weighted by molar-refractivity contribution is 0.0950. The van der Waals surface area contributed by atoms with Crippen LogP contribution < -0.4 is 5.32 Å². The molecule has 1 aromatic carbocycles. The van der Waals surface area contributed by atoms with E-state index in [0.717, 1.165) is 21.3 Å². The second-order valence-electron chi connectivity index (χ2n) is 5.62. The van der Waals surface area contributed by atoms with Crippen LogP contribution >= 0.6 is 15.9 Å². The van der Waals surface area contributed by atoms with Gasteiger partial charge < -0.3 is 5.32 Å². The normalized spacial score (nSPS) is 10.8. The maximum absolute atomic E-state index is 12.4. The molecule has 0 bridgehead atoms. The maximum Gasteiger partial charge on any atom is 0.251 e. The van der Waals surface area contributed by atoms with Crippen LogP contribution in [0.25, 0.3) is 0 Å². The third-order valence-electron chi connectivity index (χ3n) is 3.91. The number of carbonyl (C=O) groups is 1. The second kappa shape index (κ2) is 7.00. The fourth-order valence-corrected chi connectivity index (χ4v) is 2.75. The molecule has 2 heterocycles. The van der Waals surface area contributed by atoms with Crippen LogP contribution in [0.5, 0.6) is 0 Å². The van der Waals surface area contributed by atoms with Gasteiger partial charge in [-0.05, 0) is 40.5 Å². The number of halogens is 1. The average molecular weight is 388 g/mol. The van der Waals surface area contributed by atoms with E-state index in [1.165, 1.54) is 0 Å². The Kier molecular flexibility index (Phi) is 4.80. The van der Waals surface area contributed by atoms with Gasteiger partial charge >= 0.3 is 0 Å². The van der Waals surface area contributed by atoms with E-state index in [-0.39, 0.29) is 5.91 Å². The molecule has 3 rings (SSSR count). The lowest BCUT2D eigenvalue weighted by Gasteiger charge is -2.07. The number of benzene rings is 1. The monoisotopic (exact) mass is 387 g/mol. The van der Waals surface area contributed by atoms with E-state index in [1.807, 2.05) is 49.1 Å². The summed E-state index contributed by atoms with van der Waals surface area (Å²) in [7, 11) is 1.89. The lowest BCUT2D eigenvalue weighted by atomic mass is 10.1. The summed E-state index contributed by atoms with van der Waals surface area (Å²) >= 11 is 3.38. The first-order valence-corrected chi connectivity index (χ1v) is 8.35. The summed E-state index contributed by atoms with van der Waals surface area (Å²) in [5.41, 5.74) is 3.73. The predicted molar refractivity (Wildman–Crippen MR) is 94.6 cm³/mol. The molecule has 1 N–H and O–H groups in total. The molecule has 0 atom stereocenters. The van der Waals surface area contributed by atoms with Crippen LogP contribution in [0.2, 0.25) is 0 Å². The Balaban J connectivity index is 1.66. The summed E-state index contributed by atoms with van der Waals surface area (Å²) in [6.07, 6.45) is 5.42. The van der Waals surface area contributed by atoms with Crippen LogP contribution in [0.4, 0.5) is 0 Å². The zero-order chi connectivity index (χ0) is 17.1. The van der Waals surface area contributed by atoms with E-state index in [4.69, 9.17) is 0 Å². The minimum absolute atomic E-state index is 0.0956. The summed E-state index contributed by atoms with van der Waals surface area (Å²) in [5.74, 6) is -0.0956. The Hall–Kier alpha value is -2.41. The van der Waals surface area contributed by atoms with Gasteiger partial charge in [0.1, 0.15) is 0 Å². The van der Waals surface area contributed by atoms with Gasteiger partial charge in [0.2, 0.25) is 0 Å². The largest absolute Gasteiger partial charge is 0.348 e. The van der Waals surface area contributed by atoms with Crippen molar-refractivity contribution < 1.29 is 4.79 Å². The SMILES string of the molecule is Cc1c(CNC(=O)c2cccc(Cn3cc(Br)cn3)c2)cnn1C. The van der Waals surface area contributed by atoms with Crippen LogP contribution in [0.15, 0.2) is 47.3 Å². The van der Waals surface area contributed by atoms with E-state index in [1.54, 1.807) is 17.1 Å². The van der Waals surface area contributed by atoms with Crippen LogP contribution in [0, 0.1) is 6.92 Å². The van der Waals surface area contributed by atoms with Crippen LogP contribution in [0.3, 0.4) is 0 Å². The minimum atomic E-state index is -0.0956. The van der Waals surface area contributed by atoms with Crippen molar-refractivity contribution in [2.45, 2.75) is 20.0 Å². The molecule has 0 radical (unpaired) electrons. The molecular weight excluding hydrogens is 370 g/mol. The van der Waals surface area contributed by atoms with Gasteiger partial charge in [0.25, 0.3) is 5.91 Å². The highest BCUT2D eigenvalue weighted by Crippen LogP contribution is 2.11. The van der Waals surface area contributed by atoms with Crippen molar-refractivity contribution in [2.75, 3.05) is 0 Å². The first kappa shape index (κ1) is 16.4. The van der Waals surface area contributed by atoms with Crippen molar-refractivity contribution in [2.24, 2.45) is 7.05 Å². The molecular formula is C17H18BrN5O. The van der Waals surface area contributed by atoms with Crippen molar-refractivity contribution in [1.29, 1.82) is 0 Å². The van der Waals surface area contributed by atoms with Gasteiger partial charge in [0.05, 0.1) is 23.4 Å². The minimum Gasteiger partial charge on any atom is -0.348 e. The summed E-state index contributed by atoms with van der Waals surface area (Å²) < 4.78 is 4.55. The topological polar surface area (TPSA) is 64.7 Å². The Morgan fingerprint density at radius 2 is 2.12 bits per heavy atom. The number of aryl methyl sites for hydroxylation is 1. The van der Waals surface area contributed by atoms with Crippen molar-refractivity contribution in [3.63, 3.8) is 0 Å². The molecule has 0 aliphatic rings. The molecule has 0 aliphatic carbocycles. The third kappa shape index (κ3) is 3.73. The van der Waals surface area contributed by atoms with Gasteiger partial charge in [0.15, 0.2) is 0 Å². The molecule has 124 valence electrons. The van der Waals surface area contributed by atoms with E-state index in [0.29, 0.717) is 18.7 Å². The smallest absolute Gasteiger partial charge is 0.251 e. The standard InChI is InChI=1S/C17H18BrN5O/c1-12-15(8-20-22(12)2)7-19-17(24)14-5-3-4-13(6-14)10-23-11-16(18)9-21-23/h3-6,8-9,11H,7,10H2,1-2H3,(H,19,24). The van der Waals surface area contributed by atoms with Gasteiger partial charge in [-0.1, -0.05) is 12.1 Å². The van der Waals surface area contributed by atoms with Gasteiger partial charge in [-0.2, -0.15) is 10.2 Å². The molecule has 0 saturated heterocycles. The summed E-state index contributed by atoms with van der Waals surface area (Å²) in [5, 5.41) is 11.4. The Labute approximate surface area is 148 Å². The number of nitrogens with zero attached hydrogens (tertiary/aromatic N) is 4. The fraction of sp³-hybridized carbons (Fsp3) is 0.235. The molecule has 0 saturated carbocycles. The average Bonchev–Trinajstić information content (AvgIpc) is 3.12. The second-order valence-corrected chi connectivity index (χ2v) is 6.53. The Bertz CT molecular complexity index is 868. The Morgan fingerprint density at radius 3 is 2.79 bits per heavy atom. The van der Waals surface area contributed by atoms with E-state index < -0.39 is 0 Å². The molecule has 1 amide bonds. The number of rotatable bonds is 5. The first-order chi connectivity index (χ1) is 11.5. The maximum atomic E-state index is 12.4. The fourth-order valence-electron chi connectivity index (χ4n) is 2.42. The van der Waals surface area contributed by atoms with Crippen molar-refractivity contribution in [3.8, 4) is 0 Å². The van der Waals surface area contributed by atoms with Crippen molar-refractivity contribution >= 4 is 21.8 Å². The van der Waals surface area contributed by atoms with Crippen LogP contribution in [-0.2, 0) is 20.1 Å². The first-order valence-electron chi connectivity index (χ1n) is 7.55. The molecule has 3 aromatic rings. The van der Waals surface area contributed by atoms with Gasteiger partial charge in [0, 0.05) is 36.6 Å². The number of amides is 1. The summed E-state index contributed by atoms with van der Waals surface area (Å²) in [6.45, 7) is 3.07. The van der Waals surface area contributed by atoms with E-state index in [2.05, 4.69) is 31.4 Å². The van der Waals surface area contributed by atoms with E-state index >= 15 is 0 Å². The number of aromatic nitrogens is 4. The van der Waals surface area contributed by atoms with Crippen molar-refractivity contribution in [3.05, 3.63) is 69.7 Å². The van der Waals surface area contributed by atoms with Gasteiger partial charge in [-0.3, -0.25) is 14.2 Å². The molecule has 7 heteroatoms. The zero-order valence-corrected chi connectivity index (χ0v) is 15.1. The van der Waals surface area contributed by atoms with Crippen LogP contribution in [0.1, 0.15) is 27.2 Å². The number of nitrogens with one attached hydrogen (secondary N) is 1. The molecule has 0 aliphatic heterocycles.